The Bertz CT molecular complexity index is 1150. The monoisotopic (exact) mass is 533 g/mol. The van der Waals surface area contributed by atoms with Gasteiger partial charge in [0.1, 0.15) is 12.6 Å². The minimum Gasteiger partial charge on any atom is -0.352 e. The molecule has 7 nitrogen and oxygen atoms in total. The summed E-state index contributed by atoms with van der Waals surface area (Å²) in [5.41, 5.74) is 2.05. The molecule has 0 saturated heterocycles. The van der Waals surface area contributed by atoms with Crippen molar-refractivity contribution in [3.05, 3.63) is 64.7 Å². The summed E-state index contributed by atoms with van der Waals surface area (Å²) in [5.74, 6) is -0.657. The number of rotatable bonds is 10. The van der Waals surface area contributed by atoms with Crippen molar-refractivity contribution < 1.29 is 18.0 Å². The second-order valence-corrected chi connectivity index (χ2v) is 11.9. The molecule has 196 valence electrons. The minimum absolute atomic E-state index is 0.112. The number of anilines is 1. The van der Waals surface area contributed by atoms with Crippen LogP contribution in [0.5, 0.6) is 0 Å². The summed E-state index contributed by atoms with van der Waals surface area (Å²) in [4.78, 5) is 28.3. The van der Waals surface area contributed by atoms with E-state index in [2.05, 4.69) is 5.32 Å². The molecule has 1 N–H and O–H groups in total. The number of halogens is 1. The zero-order valence-electron chi connectivity index (χ0n) is 21.2. The maximum Gasteiger partial charge on any atom is 0.244 e. The number of hydrogen-bond donors (Lipinski definition) is 1. The molecule has 0 radical (unpaired) electrons. The molecular formula is C27H36ClN3O4S. The van der Waals surface area contributed by atoms with Crippen molar-refractivity contribution in [2.24, 2.45) is 0 Å². The normalized spacial score (nSPS) is 15.2. The predicted molar refractivity (Wildman–Crippen MR) is 145 cm³/mol. The molecule has 0 aliphatic heterocycles. The third-order valence-electron chi connectivity index (χ3n) is 6.72. The molecule has 0 spiro atoms. The highest BCUT2D eigenvalue weighted by Gasteiger charge is 2.31. The van der Waals surface area contributed by atoms with E-state index in [4.69, 9.17) is 11.6 Å². The summed E-state index contributed by atoms with van der Waals surface area (Å²) in [6, 6.07) is 14.0. The molecule has 0 unspecified atom stereocenters. The Balaban J connectivity index is 1.84. The van der Waals surface area contributed by atoms with Crippen molar-refractivity contribution in [3.63, 3.8) is 0 Å². The second-order valence-electron chi connectivity index (χ2n) is 9.54. The molecule has 1 atom stereocenters. The zero-order valence-corrected chi connectivity index (χ0v) is 22.8. The van der Waals surface area contributed by atoms with Crippen molar-refractivity contribution in [2.75, 3.05) is 23.7 Å². The van der Waals surface area contributed by atoms with Crippen LogP contribution in [0.3, 0.4) is 0 Å². The number of carbonyl (C=O) groups excluding carboxylic acids is 2. The fourth-order valence-electron chi connectivity index (χ4n) is 4.58. The molecule has 0 heterocycles. The van der Waals surface area contributed by atoms with E-state index >= 15 is 0 Å². The van der Waals surface area contributed by atoms with Crippen molar-refractivity contribution >= 4 is 39.1 Å². The number of hydrogen-bond acceptors (Lipinski definition) is 4. The van der Waals surface area contributed by atoms with Crippen molar-refractivity contribution in [1.82, 2.24) is 10.2 Å². The number of sulfonamides is 1. The highest BCUT2D eigenvalue weighted by Crippen LogP contribution is 2.26. The molecule has 2 amide bonds. The van der Waals surface area contributed by atoms with Gasteiger partial charge < -0.3 is 10.2 Å². The quantitative estimate of drug-likeness (QED) is 0.492. The third-order valence-corrected chi connectivity index (χ3v) is 8.08. The lowest BCUT2D eigenvalue weighted by molar-refractivity contribution is -0.139. The first-order valence-corrected chi connectivity index (χ1v) is 14.7. The second kappa shape index (κ2) is 12.6. The highest BCUT2D eigenvalue weighted by atomic mass is 35.5. The van der Waals surface area contributed by atoms with Crippen LogP contribution in [0.2, 0.25) is 5.02 Å². The standard InChI is InChI=1S/C27H36ClN3O4S/c1-20-14-15-23(28)18-25(20)31(36(3,34)35)19-26(32)30(17-16-22-10-6-4-7-11-22)21(2)27(33)29-24-12-8-5-9-13-24/h4,6-7,10-11,14-15,18,21,24H,5,8-9,12-13,16-17,19H2,1-3H3,(H,29,33)/t21-/m0/s1. The van der Waals surface area contributed by atoms with Gasteiger partial charge in [0.05, 0.1) is 11.9 Å². The summed E-state index contributed by atoms with van der Waals surface area (Å²) in [7, 11) is -3.79. The number of nitrogens with one attached hydrogen (secondary N) is 1. The van der Waals surface area contributed by atoms with Crippen LogP contribution < -0.4 is 9.62 Å². The molecule has 9 heteroatoms. The molecule has 1 aliphatic rings. The molecule has 2 aromatic carbocycles. The molecule has 1 saturated carbocycles. The lowest BCUT2D eigenvalue weighted by Gasteiger charge is -2.33. The summed E-state index contributed by atoms with van der Waals surface area (Å²) >= 11 is 6.14. The van der Waals surface area contributed by atoms with Crippen molar-refractivity contribution in [1.29, 1.82) is 0 Å². The van der Waals surface area contributed by atoms with Crippen LogP contribution in [0.15, 0.2) is 48.5 Å². The fourth-order valence-corrected chi connectivity index (χ4v) is 5.65. The largest absolute Gasteiger partial charge is 0.352 e. The van der Waals surface area contributed by atoms with Gasteiger partial charge in [-0.15, -0.1) is 0 Å². The SMILES string of the molecule is Cc1ccc(Cl)cc1N(CC(=O)N(CCc1ccccc1)[C@@H](C)C(=O)NC1CCCCC1)S(C)(=O)=O. The summed E-state index contributed by atoms with van der Waals surface area (Å²) in [6.07, 6.45) is 6.82. The Kier molecular flexibility index (Phi) is 9.79. The maximum absolute atomic E-state index is 13.6. The average molecular weight is 534 g/mol. The van der Waals surface area contributed by atoms with Gasteiger partial charge in [-0.05, 0) is 56.4 Å². The van der Waals surface area contributed by atoms with Gasteiger partial charge in [-0.2, -0.15) is 0 Å². The fraction of sp³-hybridized carbons (Fsp3) is 0.481. The lowest BCUT2D eigenvalue weighted by atomic mass is 9.95. The van der Waals surface area contributed by atoms with Crippen LogP contribution in [0.25, 0.3) is 0 Å². The highest BCUT2D eigenvalue weighted by molar-refractivity contribution is 7.92. The van der Waals surface area contributed by atoms with E-state index in [0.717, 1.165) is 41.8 Å². The van der Waals surface area contributed by atoms with E-state index in [0.29, 0.717) is 22.7 Å². The van der Waals surface area contributed by atoms with Crippen LogP contribution in [-0.2, 0) is 26.0 Å². The van der Waals surface area contributed by atoms with E-state index in [1.165, 1.54) is 11.3 Å². The summed E-state index contributed by atoms with van der Waals surface area (Å²) < 4.78 is 26.5. The zero-order chi connectivity index (χ0) is 26.3. The summed E-state index contributed by atoms with van der Waals surface area (Å²) in [5, 5.41) is 3.47. The molecule has 3 rings (SSSR count). The first-order valence-electron chi connectivity index (χ1n) is 12.4. The van der Waals surface area contributed by atoms with E-state index in [1.807, 2.05) is 30.3 Å². The Labute approximate surface area is 219 Å². The van der Waals surface area contributed by atoms with Gasteiger partial charge in [0.25, 0.3) is 0 Å². The number of carbonyl (C=O) groups is 2. The van der Waals surface area contributed by atoms with Crippen LogP contribution in [0.4, 0.5) is 5.69 Å². The summed E-state index contributed by atoms with van der Waals surface area (Å²) in [6.45, 7) is 3.34. The maximum atomic E-state index is 13.6. The molecule has 2 aromatic rings. The van der Waals surface area contributed by atoms with Crippen molar-refractivity contribution in [2.45, 2.75) is 64.5 Å². The topological polar surface area (TPSA) is 86.8 Å². The Morgan fingerprint density at radius 1 is 1.08 bits per heavy atom. The van der Waals surface area contributed by atoms with Gasteiger partial charge in [0.2, 0.25) is 21.8 Å². The van der Waals surface area contributed by atoms with Crippen LogP contribution >= 0.6 is 11.6 Å². The number of amides is 2. The molecular weight excluding hydrogens is 498 g/mol. The van der Waals surface area contributed by atoms with Gasteiger partial charge in [-0.3, -0.25) is 13.9 Å². The van der Waals surface area contributed by atoms with E-state index < -0.39 is 28.5 Å². The lowest BCUT2D eigenvalue weighted by Crippen LogP contribution is -2.53. The minimum atomic E-state index is -3.79. The van der Waals surface area contributed by atoms with E-state index in [9.17, 15) is 18.0 Å². The Morgan fingerprint density at radius 3 is 2.39 bits per heavy atom. The van der Waals surface area contributed by atoms with Crippen molar-refractivity contribution in [3.8, 4) is 0 Å². The Hall–Kier alpha value is -2.58. The number of aryl methyl sites for hydroxylation is 1. The third kappa shape index (κ3) is 7.71. The Morgan fingerprint density at radius 2 is 1.75 bits per heavy atom. The van der Waals surface area contributed by atoms with Crippen LogP contribution in [-0.4, -0.2) is 56.6 Å². The van der Waals surface area contributed by atoms with Gasteiger partial charge in [-0.1, -0.05) is 67.3 Å². The van der Waals surface area contributed by atoms with E-state index in [1.54, 1.807) is 32.0 Å². The smallest absolute Gasteiger partial charge is 0.244 e. The molecule has 36 heavy (non-hydrogen) atoms. The van der Waals surface area contributed by atoms with Gasteiger partial charge in [0, 0.05) is 17.6 Å². The van der Waals surface area contributed by atoms with Crippen LogP contribution in [0.1, 0.15) is 50.2 Å². The van der Waals surface area contributed by atoms with Gasteiger partial charge >= 0.3 is 0 Å². The van der Waals surface area contributed by atoms with Gasteiger partial charge in [0.15, 0.2) is 0 Å². The first-order chi connectivity index (χ1) is 17.1. The number of nitrogens with zero attached hydrogens (tertiary/aromatic N) is 2. The first kappa shape index (κ1) is 28.0. The molecule has 0 aromatic heterocycles. The number of benzene rings is 2. The molecule has 0 bridgehead atoms. The molecule has 1 aliphatic carbocycles. The molecule has 1 fully saturated rings. The van der Waals surface area contributed by atoms with E-state index in [-0.39, 0.29) is 18.5 Å². The predicted octanol–water partition coefficient (Wildman–Crippen LogP) is 4.32. The average Bonchev–Trinajstić information content (AvgIpc) is 2.84. The van der Waals surface area contributed by atoms with Gasteiger partial charge in [-0.25, -0.2) is 8.42 Å². The van der Waals surface area contributed by atoms with Crippen LogP contribution in [0, 0.1) is 6.92 Å².